The Balaban J connectivity index is 1.96. The van der Waals surface area contributed by atoms with Gasteiger partial charge in [0.15, 0.2) is 0 Å². The summed E-state index contributed by atoms with van der Waals surface area (Å²) in [5.41, 5.74) is 5.56. The SMILES string of the molecule is CC(C)c1nn(C2=Nc3ccccc3CC2)c(-c2ccc(F)cc2)c1/C=C/C=O. The molecule has 0 spiro atoms. The summed E-state index contributed by atoms with van der Waals surface area (Å²) >= 11 is 0. The average molecular weight is 387 g/mol. The van der Waals surface area contributed by atoms with Crippen LogP contribution in [-0.2, 0) is 11.2 Å². The lowest BCUT2D eigenvalue weighted by Crippen LogP contribution is -2.18. The maximum absolute atomic E-state index is 13.6. The normalized spacial score (nSPS) is 13.6. The van der Waals surface area contributed by atoms with Gasteiger partial charge < -0.3 is 0 Å². The van der Waals surface area contributed by atoms with Crippen LogP contribution >= 0.6 is 0 Å². The minimum Gasteiger partial charge on any atom is -0.299 e. The smallest absolute Gasteiger partial charge is 0.142 e. The van der Waals surface area contributed by atoms with Gasteiger partial charge in [0.25, 0.3) is 0 Å². The Kier molecular flexibility index (Phi) is 5.21. The molecule has 1 aromatic heterocycles. The Morgan fingerprint density at radius 1 is 1.07 bits per heavy atom. The van der Waals surface area contributed by atoms with E-state index in [0.29, 0.717) is 0 Å². The molecule has 0 N–H and O–H groups in total. The van der Waals surface area contributed by atoms with Crippen molar-refractivity contribution in [1.29, 1.82) is 0 Å². The molecule has 29 heavy (non-hydrogen) atoms. The van der Waals surface area contributed by atoms with E-state index in [4.69, 9.17) is 10.1 Å². The van der Waals surface area contributed by atoms with Gasteiger partial charge in [0.05, 0.1) is 17.1 Å². The molecule has 3 aromatic rings. The van der Waals surface area contributed by atoms with Gasteiger partial charge in [-0.2, -0.15) is 5.10 Å². The lowest BCUT2D eigenvalue weighted by atomic mass is 9.99. The summed E-state index contributed by atoms with van der Waals surface area (Å²) in [6.45, 7) is 4.13. The molecule has 0 radical (unpaired) electrons. The Labute approximate surface area is 169 Å². The van der Waals surface area contributed by atoms with Crippen molar-refractivity contribution in [3.05, 3.63) is 77.2 Å². The molecule has 0 saturated carbocycles. The van der Waals surface area contributed by atoms with Crippen LogP contribution in [0.25, 0.3) is 17.3 Å². The van der Waals surface area contributed by atoms with E-state index in [1.54, 1.807) is 18.2 Å². The van der Waals surface area contributed by atoms with Crippen molar-refractivity contribution in [2.75, 3.05) is 0 Å². The van der Waals surface area contributed by atoms with Gasteiger partial charge in [-0.3, -0.25) is 4.79 Å². The number of carbonyl (C=O) groups excluding carboxylic acids is 1. The number of carbonyl (C=O) groups is 1. The first-order chi connectivity index (χ1) is 14.1. The molecular weight excluding hydrogens is 365 g/mol. The monoisotopic (exact) mass is 387 g/mol. The van der Waals surface area contributed by atoms with E-state index >= 15 is 0 Å². The van der Waals surface area contributed by atoms with Crippen LogP contribution in [0.2, 0.25) is 0 Å². The second-order valence-corrected chi connectivity index (χ2v) is 7.37. The zero-order chi connectivity index (χ0) is 20.4. The van der Waals surface area contributed by atoms with Crippen LogP contribution < -0.4 is 0 Å². The number of nitrogens with zero attached hydrogens (tertiary/aromatic N) is 3. The third-order valence-electron chi connectivity index (χ3n) is 5.06. The van der Waals surface area contributed by atoms with Crippen LogP contribution in [0.1, 0.15) is 43.0 Å². The first-order valence-electron chi connectivity index (χ1n) is 9.75. The number of hydrogen-bond donors (Lipinski definition) is 0. The predicted molar refractivity (Wildman–Crippen MR) is 114 cm³/mol. The summed E-state index contributed by atoms with van der Waals surface area (Å²) in [5, 5.41) is 4.88. The standard InChI is InChI=1S/C24H22FN3O/c1-16(2)23-20(7-5-15-29)24(18-9-12-19(25)13-10-18)28(27-23)22-14-11-17-6-3-4-8-21(17)26-22/h3-10,12-13,15-16H,11,14H2,1-2H3/b7-5+. The van der Waals surface area contributed by atoms with Crippen molar-refractivity contribution < 1.29 is 9.18 Å². The first-order valence-corrected chi connectivity index (χ1v) is 9.75. The number of aromatic nitrogens is 2. The minimum atomic E-state index is -0.294. The van der Waals surface area contributed by atoms with E-state index in [2.05, 4.69) is 19.9 Å². The Morgan fingerprint density at radius 3 is 2.55 bits per heavy atom. The number of fused-ring (bicyclic) bond motifs is 1. The van der Waals surface area contributed by atoms with Crippen LogP contribution in [0, 0.1) is 5.82 Å². The van der Waals surface area contributed by atoms with Gasteiger partial charge >= 0.3 is 0 Å². The van der Waals surface area contributed by atoms with E-state index in [0.717, 1.165) is 53.2 Å². The van der Waals surface area contributed by atoms with E-state index in [-0.39, 0.29) is 11.7 Å². The molecule has 146 valence electrons. The van der Waals surface area contributed by atoms with Gasteiger partial charge in [-0.25, -0.2) is 14.1 Å². The third-order valence-corrected chi connectivity index (χ3v) is 5.06. The number of rotatable bonds is 4. The fourth-order valence-corrected chi connectivity index (χ4v) is 3.67. The van der Waals surface area contributed by atoms with Crippen molar-refractivity contribution in [2.24, 2.45) is 4.99 Å². The molecular formula is C24H22FN3O. The highest BCUT2D eigenvalue weighted by atomic mass is 19.1. The molecule has 0 unspecified atom stereocenters. The van der Waals surface area contributed by atoms with Crippen LogP contribution in [0.4, 0.5) is 10.1 Å². The molecule has 5 heteroatoms. The molecule has 4 nitrogen and oxygen atoms in total. The maximum atomic E-state index is 13.6. The molecule has 0 atom stereocenters. The number of halogens is 1. The largest absolute Gasteiger partial charge is 0.299 e. The van der Waals surface area contributed by atoms with Crippen molar-refractivity contribution >= 4 is 23.9 Å². The maximum Gasteiger partial charge on any atom is 0.142 e. The molecule has 0 bridgehead atoms. The molecule has 0 saturated heterocycles. The molecule has 4 rings (SSSR count). The van der Waals surface area contributed by atoms with Crippen molar-refractivity contribution in [3.8, 4) is 11.3 Å². The van der Waals surface area contributed by atoms with Crippen LogP contribution in [0.15, 0.2) is 59.6 Å². The van der Waals surface area contributed by atoms with E-state index in [1.165, 1.54) is 23.8 Å². The molecule has 0 amide bonds. The minimum absolute atomic E-state index is 0.151. The number of para-hydroxylation sites is 1. The van der Waals surface area contributed by atoms with Crippen LogP contribution in [-0.4, -0.2) is 21.9 Å². The molecule has 1 aliphatic rings. The van der Waals surface area contributed by atoms with Gasteiger partial charge in [-0.15, -0.1) is 0 Å². The quantitative estimate of drug-likeness (QED) is 0.435. The lowest BCUT2D eigenvalue weighted by molar-refractivity contribution is -0.104. The van der Waals surface area contributed by atoms with Crippen LogP contribution in [0.5, 0.6) is 0 Å². The summed E-state index contributed by atoms with van der Waals surface area (Å²) < 4.78 is 15.4. The van der Waals surface area contributed by atoms with E-state index < -0.39 is 0 Å². The second-order valence-electron chi connectivity index (χ2n) is 7.37. The van der Waals surface area contributed by atoms with Crippen molar-refractivity contribution in [1.82, 2.24) is 9.78 Å². The highest BCUT2D eigenvalue weighted by molar-refractivity contribution is 5.94. The summed E-state index contributed by atoms with van der Waals surface area (Å²) in [4.78, 5) is 15.9. The highest BCUT2D eigenvalue weighted by Gasteiger charge is 2.24. The fourth-order valence-electron chi connectivity index (χ4n) is 3.67. The van der Waals surface area contributed by atoms with Gasteiger partial charge in [-0.1, -0.05) is 32.0 Å². The molecule has 2 heterocycles. The number of aldehydes is 1. The van der Waals surface area contributed by atoms with E-state index in [1.807, 2.05) is 22.9 Å². The third kappa shape index (κ3) is 3.68. The Morgan fingerprint density at radius 2 is 1.83 bits per heavy atom. The van der Waals surface area contributed by atoms with Crippen molar-refractivity contribution in [2.45, 2.75) is 32.6 Å². The molecule has 2 aromatic carbocycles. The summed E-state index contributed by atoms with van der Waals surface area (Å²) in [6, 6.07) is 14.5. The van der Waals surface area contributed by atoms with Gasteiger partial charge in [0.2, 0.25) is 0 Å². The van der Waals surface area contributed by atoms with E-state index in [9.17, 15) is 9.18 Å². The number of benzene rings is 2. The number of hydrogen-bond acceptors (Lipinski definition) is 3. The molecule has 0 aliphatic carbocycles. The van der Waals surface area contributed by atoms with Gasteiger partial charge in [0, 0.05) is 17.5 Å². The van der Waals surface area contributed by atoms with Gasteiger partial charge in [-0.05, 0) is 60.4 Å². The summed E-state index contributed by atoms with van der Waals surface area (Å²) in [6.07, 6.45) is 5.64. The Bertz CT molecular complexity index is 1110. The zero-order valence-electron chi connectivity index (χ0n) is 16.5. The van der Waals surface area contributed by atoms with Gasteiger partial charge in [0.1, 0.15) is 17.9 Å². The fraction of sp³-hybridized carbons (Fsp3) is 0.208. The second kappa shape index (κ2) is 7.95. The molecule has 0 fully saturated rings. The average Bonchev–Trinajstić information content (AvgIpc) is 3.12. The Hall–Kier alpha value is -3.34. The first kappa shape index (κ1) is 19.0. The van der Waals surface area contributed by atoms with Crippen molar-refractivity contribution in [3.63, 3.8) is 0 Å². The topological polar surface area (TPSA) is 47.2 Å². The van der Waals surface area contributed by atoms with Crippen LogP contribution in [0.3, 0.4) is 0 Å². The number of aliphatic imine (C=N–C) groups is 1. The lowest BCUT2D eigenvalue weighted by Gasteiger charge is -2.17. The summed E-state index contributed by atoms with van der Waals surface area (Å²) in [5.74, 6) is 0.701. The number of allylic oxidation sites excluding steroid dienone is 1. The zero-order valence-corrected chi connectivity index (χ0v) is 16.5. The summed E-state index contributed by atoms with van der Waals surface area (Å²) in [7, 11) is 0. The number of aryl methyl sites for hydroxylation is 1. The highest BCUT2D eigenvalue weighted by Crippen LogP contribution is 2.34. The molecule has 1 aliphatic heterocycles. The predicted octanol–water partition coefficient (Wildman–Crippen LogP) is 5.55.